The fourth-order valence-electron chi connectivity index (χ4n) is 1.19. The van der Waals surface area contributed by atoms with Gasteiger partial charge in [-0.15, -0.1) is 10.2 Å². The standard InChI is InChI=1S/C10H9FN2O/c1-6-5-8(3-4-9(6)11)10-13-12-7(2)14-10/h3-5H,1-2H3. The SMILES string of the molecule is Cc1nnc(-c2ccc(F)c(C)c2)o1. The van der Waals surface area contributed by atoms with Crippen molar-refractivity contribution < 1.29 is 8.81 Å². The van der Waals surface area contributed by atoms with Crippen LogP contribution in [-0.2, 0) is 0 Å². The molecule has 14 heavy (non-hydrogen) atoms. The predicted molar refractivity (Wildman–Crippen MR) is 49.2 cm³/mol. The van der Waals surface area contributed by atoms with Gasteiger partial charge in [-0.05, 0) is 30.7 Å². The summed E-state index contributed by atoms with van der Waals surface area (Å²) >= 11 is 0. The molecule has 1 aromatic carbocycles. The monoisotopic (exact) mass is 192 g/mol. The molecule has 3 nitrogen and oxygen atoms in total. The highest BCUT2D eigenvalue weighted by molar-refractivity contribution is 5.53. The maximum absolute atomic E-state index is 13.0. The third kappa shape index (κ3) is 1.51. The van der Waals surface area contributed by atoms with Gasteiger partial charge in [-0.2, -0.15) is 0 Å². The summed E-state index contributed by atoms with van der Waals surface area (Å²) in [6, 6.07) is 4.70. The quantitative estimate of drug-likeness (QED) is 0.696. The fourth-order valence-corrected chi connectivity index (χ4v) is 1.19. The number of hydrogen-bond donors (Lipinski definition) is 0. The molecule has 1 aromatic heterocycles. The Bertz CT molecular complexity index is 465. The number of hydrogen-bond acceptors (Lipinski definition) is 3. The molecule has 0 radical (unpaired) electrons. The molecule has 0 aliphatic carbocycles. The topological polar surface area (TPSA) is 38.9 Å². The zero-order valence-electron chi connectivity index (χ0n) is 7.91. The lowest BCUT2D eigenvalue weighted by Crippen LogP contribution is -1.84. The van der Waals surface area contributed by atoms with Crippen molar-refractivity contribution in [2.24, 2.45) is 0 Å². The molecule has 72 valence electrons. The highest BCUT2D eigenvalue weighted by Gasteiger charge is 2.07. The molecule has 0 N–H and O–H groups in total. The first-order valence-corrected chi connectivity index (χ1v) is 4.23. The Labute approximate surface area is 80.6 Å². The van der Waals surface area contributed by atoms with Gasteiger partial charge in [0, 0.05) is 12.5 Å². The Morgan fingerprint density at radius 1 is 1.21 bits per heavy atom. The van der Waals surface area contributed by atoms with Crippen LogP contribution in [0.2, 0.25) is 0 Å². The fraction of sp³-hybridized carbons (Fsp3) is 0.200. The van der Waals surface area contributed by atoms with Gasteiger partial charge in [-0.25, -0.2) is 4.39 Å². The van der Waals surface area contributed by atoms with Crippen LogP contribution in [0.15, 0.2) is 22.6 Å². The minimum absolute atomic E-state index is 0.231. The van der Waals surface area contributed by atoms with Crippen LogP contribution in [0, 0.1) is 19.7 Å². The molecule has 4 heteroatoms. The van der Waals surface area contributed by atoms with Crippen LogP contribution < -0.4 is 0 Å². The Morgan fingerprint density at radius 2 is 2.00 bits per heavy atom. The van der Waals surface area contributed by atoms with Gasteiger partial charge in [-0.1, -0.05) is 0 Å². The van der Waals surface area contributed by atoms with E-state index in [0.29, 0.717) is 17.3 Å². The van der Waals surface area contributed by atoms with Crippen molar-refractivity contribution in [1.82, 2.24) is 10.2 Å². The molecule has 1 heterocycles. The first kappa shape index (κ1) is 8.87. The highest BCUT2D eigenvalue weighted by atomic mass is 19.1. The number of rotatable bonds is 1. The molecule has 0 atom stereocenters. The molecular formula is C10H9FN2O. The van der Waals surface area contributed by atoms with Crippen LogP contribution in [0.4, 0.5) is 4.39 Å². The van der Waals surface area contributed by atoms with E-state index in [9.17, 15) is 4.39 Å². The van der Waals surface area contributed by atoms with E-state index in [2.05, 4.69) is 10.2 Å². The molecule has 2 aromatic rings. The van der Waals surface area contributed by atoms with E-state index >= 15 is 0 Å². The van der Waals surface area contributed by atoms with Gasteiger partial charge in [0.1, 0.15) is 5.82 Å². The maximum atomic E-state index is 13.0. The van der Waals surface area contributed by atoms with Crippen LogP contribution in [0.1, 0.15) is 11.5 Å². The summed E-state index contributed by atoms with van der Waals surface area (Å²) in [7, 11) is 0. The lowest BCUT2D eigenvalue weighted by Gasteiger charge is -1.97. The Balaban J connectivity index is 2.47. The van der Waals surface area contributed by atoms with Crippen LogP contribution in [0.5, 0.6) is 0 Å². The minimum Gasteiger partial charge on any atom is -0.421 e. The van der Waals surface area contributed by atoms with Crippen LogP contribution in [0.3, 0.4) is 0 Å². The summed E-state index contributed by atoms with van der Waals surface area (Å²) in [5, 5.41) is 7.55. The van der Waals surface area contributed by atoms with Gasteiger partial charge in [0.05, 0.1) is 0 Å². The number of halogens is 1. The Hall–Kier alpha value is -1.71. The van der Waals surface area contributed by atoms with Crippen LogP contribution in [0.25, 0.3) is 11.5 Å². The maximum Gasteiger partial charge on any atom is 0.247 e. The van der Waals surface area contributed by atoms with Crippen LogP contribution in [-0.4, -0.2) is 10.2 Å². The number of benzene rings is 1. The molecule has 2 rings (SSSR count). The Morgan fingerprint density at radius 3 is 2.57 bits per heavy atom. The average Bonchev–Trinajstić information content (AvgIpc) is 2.57. The van der Waals surface area contributed by atoms with E-state index in [4.69, 9.17) is 4.42 Å². The van der Waals surface area contributed by atoms with Crippen molar-refractivity contribution in [3.8, 4) is 11.5 Å². The molecule has 0 aliphatic heterocycles. The second-order valence-corrected chi connectivity index (χ2v) is 3.09. The second-order valence-electron chi connectivity index (χ2n) is 3.09. The van der Waals surface area contributed by atoms with Gasteiger partial charge >= 0.3 is 0 Å². The van der Waals surface area contributed by atoms with Crippen molar-refractivity contribution in [3.05, 3.63) is 35.5 Å². The summed E-state index contributed by atoms with van der Waals surface area (Å²) in [6.45, 7) is 3.41. The lowest BCUT2D eigenvalue weighted by molar-refractivity contribution is 0.532. The smallest absolute Gasteiger partial charge is 0.247 e. The van der Waals surface area contributed by atoms with E-state index in [0.717, 1.165) is 5.56 Å². The normalized spacial score (nSPS) is 10.5. The molecule has 0 fully saturated rings. The van der Waals surface area contributed by atoms with Crippen molar-refractivity contribution >= 4 is 0 Å². The zero-order chi connectivity index (χ0) is 10.1. The Kier molecular flexibility index (Phi) is 2.04. The first-order valence-electron chi connectivity index (χ1n) is 4.23. The van der Waals surface area contributed by atoms with Crippen molar-refractivity contribution in [2.75, 3.05) is 0 Å². The van der Waals surface area contributed by atoms with E-state index in [-0.39, 0.29) is 5.82 Å². The molecular weight excluding hydrogens is 183 g/mol. The van der Waals surface area contributed by atoms with E-state index < -0.39 is 0 Å². The summed E-state index contributed by atoms with van der Waals surface area (Å²) in [4.78, 5) is 0. The summed E-state index contributed by atoms with van der Waals surface area (Å²) in [6.07, 6.45) is 0. The zero-order valence-corrected chi connectivity index (χ0v) is 7.91. The van der Waals surface area contributed by atoms with Crippen molar-refractivity contribution in [3.63, 3.8) is 0 Å². The second kappa shape index (κ2) is 3.21. The highest BCUT2D eigenvalue weighted by Crippen LogP contribution is 2.20. The predicted octanol–water partition coefficient (Wildman–Crippen LogP) is 2.49. The van der Waals surface area contributed by atoms with Gasteiger partial charge in [0.15, 0.2) is 0 Å². The molecule has 0 bridgehead atoms. The number of aryl methyl sites for hydroxylation is 2. The summed E-state index contributed by atoms with van der Waals surface area (Å²) in [5.41, 5.74) is 1.31. The number of nitrogens with zero attached hydrogens (tertiary/aromatic N) is 2. The molecule has 0 saturated carbocycles. The van der Waals surface area contributed by atoms with E-state index in [1.54, 1.807) is 26.0 Å². The van der Waals surface area contributed by atoms with Gasteiger partial charge in [0.25, 0.3) is 0 Å². The van der Waals surface area contributed by atoms with Gasteiger partial charge in [-0.3, -0.25) is 0 Å². The summed E-state index contributed by atoms with van der Waals surface area (Å²) < 4.78 is 18.2. The van der Waals surface area contributed by atoms with E-state index in [1.807, 2.05) is 0 Å². The van der Waals surface area contributed by atoms with Gasteiger partial charge in [0.2, 0.25) is 11.8 Å². The van der Waals surface area contributed by atoms with Crippen LogP contribution >= 0.6 is 0 Å². The first-order chi connectivity index (χ1) is 6.66. The molecule has 0 spiro atoms. The van der Waals surface area contributed by atoms with Crippen molar-refractivity contribution in [1.29, 1.82) is 0 Å². The minimum atomic E-state index is -0.231. The van der Waals surface area contributed by atoms with Crippen molar-refractivity contribution in [2.45, 2.75) is 13.8 Å². The number of aromatic nitrogens is 2. The molecule has 0 aliphatic rings. The summed E-state index contributed by atoms with van der Waals surface area (Å²) in [5.74, 6) is 0.692. The molecule has 0 saturated heterocycles. The lowest BCUT2D eigenvalue weighted by atomic mass is 10.1. The average molecular weight is 192 g/mol. The molecule has 0 unspecified atom stereocenters. The van der Waals surface area contributed by atoms with E-state index in [1.165, 1.54) is 6.07 Å². The third-order valence-corrected chi connectivity index (χ3v) is 1.93. The van der Waals surface area contributed by atoms with Gasteiger partial charge < -0.3 is 4.42 Å². The molecule has 0 amide bonds. The largest absolute Gasteiger partial charge is 0.421 e. The third-order valence-electron chi connectivity index (χ3n) is 1.93.